The second-order valence-corrected chi connectivity index (χ2v) is 22.5. The minimum absolute atomic E-state index is 0.0841. The van der Waals surface area contributed by atoms with Gasteiger partial charge in [-0.3, -0.25) is 19.8 Å². The molecule has 4 saturated heterocycles. The Kier molecular flexibility index (Phi) is 12.7. The first-order valence-electron chi connectivity index (χ1n) is 25.3. The monoisotopic (exact) mass is 972 g/mol. The average Bonchev–Trinajstić information content (AvgIpc) is 4.01. The first-order chi connectivity index (χ1) is 33.9. The van der Waals surface area contributed by atoms with Gasteiger partial charge in [-0.15, -0.1) is 0 Å². The standard InChI is InChI=1S/C53H64N8O8S/c1-34(2)41-6-3-4-7-42(41)45-8-5-20-59(45)39-29-53(30-39)17-21-58(22-18-53)38-9-11-43(46(27-38)60-32-37-33-68-25-16-49(37)69-52-48(60)26-36-13-19-54-50(36)56-52)51(62)57-70(65,66)40-10-12-44(47(28-40)61(63)64)55-31-35-14-23-67-24-15-35/h3-4,6-7,9-13,19,26-28,34-35,37,39,45,49,55H,5,8,14-18,20-25,29-33H2,1-2H3,(H,54,56)(H,57,62)/t37-,45+,49-/m1/s1. The fourth-order valence-corrected chi connectivity index (χ4v) is 13.3. The molecule has 7 heterocycles. The molecule has 5 fully saturated rings. The molecule has 1 spiro atoms. The third kappa shape index (κ3) is 9.09. The number of hydrogen-bond acceptors (Lipinski definition) is 13. The molecule has 5 aliphatic heterocycles. The van der Waals surface area contributed by atoms with Gasteiger partial charge < -0.3 is 34.3 Å². The SMILES string of the molecule is CC(C)c1ccccc1[C@@H]1CCCN1C1CC2(CCN(c3ccc(C(=O)NS(=O)(=O)c4ccc(NCC5CCOCC5)c([N+](=O)[O-])c4)c(N4C[C@@H]5COCC[C@H]5Oc5nc6[nH]ccc6cc54)c3)CC2)C1. The Hall–Kier alpha value is -5.75. The van der Waals surface area contributed by atoms with Crippen molar-refractivity contribution in [2.45, 2.75) is 101 Å². The van der Waals surface area contributed by atoms with E-state index in [0.717, 1.165) is 62.5 Å². The lowest BCUT2D eigenvalue weighted by Crippen LogP contribution is -2.55. The van der Waals surface area contributed by atoms with E-state index in [1.807, 2.05) is 35.4 Å². The van der Waals surface area contributed by atoms with Gasteiger partial charge in [0.15, 0.2) is 0 Å². The molecule has 1 saturated carbocycles. The molecule has 0 unspecified atom stereocenters. The number of aromatic nitrogens is 2. The van der Waals surface area contributed by atoms with Crippen molar-refractivity contribution >= 4 is 55.4 Å². The van der Waals surface area contributed by atoms with E-state index in [-0.39, 0.29) is 29.2 Å². The van der Waals surface area contributed by atoms with Crippen molar-refractivity contribution in [1.82, 2.24) is 19.6 Å². The highest BCUT2D eigenvalue weighted by Crippen LogP contribution is 2.54. The van der Waals surface area contributed by atoms with Gasteiger partial charge in [-0.05, 0) is 129 Å². The van der Waals surface area contributed by atoms with Crippen molar-refractivity contribution in [3.63, 3.8) is 0 Å². The Morgan fingerprint density at radius 3 is 2.54 bits per heavy atom. The normalized spacial score (nSPS) is 23.1. The number of carbonyl (C=O) groups excluding carboxylic acids is 1. The number of carbonyl (C=O) groups is 1. The zero-order valence-electron chi connectivity index (χ0n) is 40.1. The number of aromatic amines is 1. The summed E-state index contributed by atoms with van der Waals surface area (Å²) in [5.41, 5.74) is 5.97. The van der Waals surface area contributed by atoms with Crippen LogP contribution in [0.2, 0.25) is 0 Å². The number of amides is 1. The third-order valence-electron chi connectivity index (χ3n) is 16.3. The summed E-state index contributed by atoms with van der Waals surface area (Å²) in [5.74, 6) is 0.233. The van der Waals surface area contributed by atoms with E-state index in [4.69, 9.17) is 19.2 Å². The number of benzene rings is 3. The number of nitro benzene ring substituents is 1. The van der Waals surface area contributed by atoms with Crippen LogP contribution in [0.15, 0.2) is 83.9 Å². The smallest absolute Gasteiger partial charge is 0.293 e. The van der Waals surface area contributed by atoms with Gasteiger partial charge >= 0.3 is 0 Å². The highest BCUT2D eigenvalue weighted by Gasteiger charge is 2.50. The van der Waals surface area contributed by atoms with Gasteiger partial charge in [0.25, 0.3) is 21.6 Å². The zero-order valence-corrected chi connectivity index (χ0v) is 40.9. The Bertz CT molecular complexity index is 2870. The number of nitrogens with zero attached hydrogens (tertiary/aromatic N) is 5. The van der Waals surface area contributed by atoms with Gasteiger partial charge in [0.1, 0.15) is 23.1 Å². The number of nitrogens with one attached hydrogen (secondary N) is 3. The van der Waals surface area contributed by atoms with Gasteiger partial charge in [-0.25, -0.2) is 13.1 Å². The van der Waals surface area contributed by atoms with E-state index in [1.165, 1.54) is 48.9 Å². The number of H-pyrrole nitrogens is 1. The Morgan fingerprint density at radius 1 is 0.943 bits per heavy atom. The summed E-state index contributed by atoms with van der Waals surface area (Å²) in [5, 5.41) is 16.3. The number of fused-ring (bicyclic) bond motifs is 3. The van der Waals surface area contributed by atoms with Crippen molar-refractivity contribution in [2.75, 3.05) is 74.3 Å². The summed E-state index contributed by atoms with van der Waals surface area (Å²) < 4.78 is 48.7. The van der Waals surface area contributed by atoms with Gasteiger partial charge in [0.2, 0.25) is 5.88 Å². The number of piperidine rings is 1. The lowest BCUT2D eigenvalue weighted by Gasteiger charge is -2.56. The third-order valence-corrected chi connectivity index (χ3v) is 17.6. The van der Waals surface area contributed by atoms with Crippen LogP contribution in [0.25, 0.3) is 11.0 Å². The molecule has 5 aromatic rings. The summed E-state index contributed by atoms with van der Waals surface area (Å²) in [7, 11) is -4.59. The van der Waals surface area contributed by atoms with Crippen LogP contribution in [0.1, 0.15) is 105 Å². The molecule has 1 amide bonds. The molecule has 3 atom stereocenters. The van der Waals surface area contributed by atoms with Crippen molar-refractivity contribution in [2.24, 2.45) is 17.3 Å². The summed E-state index contributed by atoms with van der Waals surface area (Å²) in [6.07, 6.45) is 10.9. The number of likely N-dealkylation sites (tertiary alicyclic amines) is 1. The molecule has 11 rings (SSSR count). The number of hydrogen-bond donors (Lipinski definition) is 3. The molecule has 16 nitrogen and oxygen atoms in total. The number of nitro groups is 1. The van der Waals surface area contributed by atoms with Crippen molar-refractivity contribution in [3.05, 3.63) is 106 Å². The molecule has 70 heavy (non-hydrogen) atoms. The molecule has 370 valence electrons. The van der Waals surface area contributed by atoms with Gasteiger partial charge in [0.05, 0.1) is 34.3 Å². The van der Waals surface area contributed by atoms with Crippen LogP contribution in [0.5, 0.6) is 5.88 Å². The molecule has 1 aliphatic carbocycles. The average molecular weight is 973 g/mol. The number of sulfonamides is 1. The van der Waals surface area contributed by atoms with Crippen LogP contribution in [0.4, 0.5) is 28.4 Å². The first kappa shape index (κ1) is 46.6. The maximum Gasteiger partial charge on any atom is 0.293 e. The number of rotatable bonds is 12. The second kappa shape index (κ2) is 19.1. The molecule has 17 heteroatoms. The van der Waals surface area contributed by atoms with Crippen LogP contribution in [-0.4, -0.2) is 105 Å². The van der Waals surface area contributed by atoms with E-state index in [2.05, 4.69) is 62.9 Å². The van der Waals surface area contributed by atoms with E-state index < -0.39 is 31.4 Å². The van der Waals surface area contributed by atoms with Gasteiger partial charge in [0, 0.05) is 87.2 Å². The van der Waals surface area contributed by atoms with E-state index in [0.29, 0.717) is 92.3 Å². The fourth-order valence-electron chi connectivity index (χ4n) is 12.3. The predicted molar refractivity (Wildman–Crippen MR) is 269 cm³/mol. The Labute approximate surface area is 409 Å². The lowest BCUT2D eigenvalue weighted by atomic mass is 9.59. The summed E-state index contributed by atoms with van der Waals surface area (Å²) in [6.45, 7) is 10.6. The van der Waals surface area contributed by atoms with E-state index in [1.54, 1.807) is 6.07 Å². The Morgan fingerprint density at radius 2 is 1.74 bits per heavy atom. The molecule has 3 N–H and O–H groups in total. The van der Waals surface area contributed by atoms with Crippen molar-refractivity contribution in [1.29, 1.82) is 0 Å². The number of ether oxygens (including phenoxy) is 3. The molecular formula is C53H64N8O8S. The molecule has 2 aromatic heterocycles. The maximum absolute atomic E-state index is 14.7. The highest BCUT2D eigenvalue weighted by molar-refractivity contribution is 7.90. The van der Waals surface area contributed by atoms with Crippen LogP contribution in [0.3, 0.4) is 0 Å². The largest absolute Gasteiger partial charge is 0.472 e. The van der Waals surface area contributed by atoms with Crippen LogP contribution >= 0.6 is 0 Å². The first-order valence-corrected chi connectivity index (χ1v) is 26.8. The predicted octanol–water partition coefficient (Wildman–Crippen LogP) is 9.07. The molecule has 0 bridgehead atoms. The second-order valence-electron chi connectivity index (χ2n) is 20.9. The molecule has 0 radical (unpaired) electrons. The van der Waals surface area contributed by atoms with Crippen molar-refractivity contribution < 1.29 is 32.3 Å². The van der Waals surface area contributed by atoms with Crippen LogP contribution in [-0.2, 0) is 19.5 Å². The summed E-state index contributed by atoms with van der Waals surface area (Å²) >= 11 is 0. The number of anilines is 4. The molecule has 3 aromatic carbocycles. The maximum atomic E-state index is 14.7. The Balaban J connectivity index is 0.873. The molecule has 6 aliphatic rings. The minimum atomic E-state index is -4.59. The number of pyridine rings is 1. The van der Waals surface area contributed by atoms with E-state index in [9.17, 15) is 23.3 Å². The fraction of sp³-hybridized carbons (Fsp3) is 0.509. The summed E-state index contributed by atoms with van der Waals surface area (Å²) in [4.78, 5) is 41.3. The van der Waals surface area contributed by atoms with Gasteiger partial charge in [-0.2, -0.15) is 4.98 Å². The highest BCUT2D eigenvalue weighted by atomic mass is 32.2. The van der Waals surface area contributed by atoms with Gasteiger partial charge in [-0.1, -0.05) is 38.1 Å². The van der Waals surface area contributed by atoms with E-state index >= 15 is 0 Å². The van der Waals surface area contributed by atoms with Crippen LogP contribution in [0, 0.1) is 27.4 Å². The van der Waals surface area contributed by atoms with Crippen LogP contribution < -0.4 is 24.6 Å². The van der Waals surface area contributed by atoms with Crippen molar-refractivity contribution in [3.8, 4) is 5.88 Å². The minimum Gasteiger partial charge on any atom is -0.472 e. The topological polar surface area (TPSA) is 184 Å². The lowest BCUT2D eigenvalue weighted by molar-refractivity contribution is -0.384. The molecular weight excluding hydrogens is 909 g/mol. The quantitative estimate of drug-likeness (QED) is 0.0796. The zero-order chi connectivity index (χ0) is 48.1. The summed E-state index contributed by atoms with van der Waals surface area (Å²) in [6, 6.07) is 23.3.